The third-order valence-electron chi connectivity index (χ3n) is 3.53. The number of thioether (sulfide) groups is 1. The maximum atomic E-state index is 13.2. The van der Waals surface area contributed by atoms with E-state index in [0.717, 1.165) is 29.3 Å². The number of carbonyl (C=O) groups is 1. The van der Waals surface area contributed by atoms with Gasteiger partial charge in [-0.25, -0.2) is 9.65 Å². The zero-order chi connectivity index (χ0) is 18.7. The van der Waals surface area contributed by atoms with Crippen LogP contribution >= 0.6 is 42.7 Å². The molecule has 1 amide bonds. The highest BCUT2D eigenvalue weighted by molar-refractivity contribution is 8.13. The summed E-state index contributed by atoms with van der Waals surface area (Å²) in [5.41, 5.74) is 1.44. The van der Waals surface area contributed by atoms with Gasteiger partial charge in [0.05, 0.1) is 0 Å². The van der Waals surface area contributed by atoms with E-state index in [4.69, 9.17) is 32.2 Å². The van der Waals surface area contributed by atoms with Gasteiger partial charge in [-0.15, -0.1) is 0 Å². The number of fused-ring (bicyclic) bond motifs is 2. The molecule has 26 heavy (non-hydrogen) atoms. The molecule has 2 aromatic carbocycles. The molecular weight excluding hydrogens is 416 g/mol. The molecule has 0 aliphatic carbocycles. The Morgan fingerprint density at radius 3 is 2.15 bits per heavy atom. The van der Waals surface area contributed by atoms with E-state index in [9.17, 15) is 9.36 Å². The van der Waals surface area contributed by atoms with Crippen LogP contribution in [0.5, 0.6) is 11.5 Å². The molecule has 1 aliphatic heterocycles. The highest BCUT2D eigenvalue weighted by Gasteiger charge is 2.35. The predicted molar refractivity (Wildman–Crippen MR) is 106 cm³/mol. The first-order valence-electron chi connectivity index (χ1n) is 7.89. The predicted octanol–water partition coefficient (Wildman–Crippen LogP) is 6.32. The fraction of sp³-hybridized carbons (Fsp3) is 0.235. The van der Waals surface area contributed by atoms with Crippen molar-refractivity contribution in [1.82, 2.24) is 5.09 Å². The van der Waals surface area contributed by atoms with Crippen molar-refractivity contribution in [2.45, 2.75) is 19.8 Å². The van der Waals surface area contributed by atoms with Crippen molar-refractivity contribution in [3.05, 3.63) is 57.6 Å². The Labute approximate surface area is 165 Å². The number of carbonyl (C=O) groups excluding carboxylic acids is 1. The first-order valence-corrected chi connectivity index (χ1v) is 11.2. The fourth-order valence-electron chi connectivity index (χ4n) is 2.42. The number of hydrogen-bond acceptors (Lipinski definition) is 5. The molecule has 5 nitrogen and oxygen atoms in total. The van der Waals surface area contributed by atoms with E-state index < -0.39 is 13.0 Å². The molecule has 0 unspecified atom stereocenters. The lowest BCUT2D eigenvalue weighted by Crippen LogP contribution is -2.24. The van der Waals surface area contributed by atoms with Crippen LogP contribution in [0.1, 0.15) is 24.5 Å². The second-order valence-corrected chi connectivity index (χ2v) is 9.13. The van der Waals surface area contributed by atoms with Crippen molar-refractivity contribution in [2.24, 2.45) is 0 Å². The van der Waals surface area contributed by atoms with E-state index in [1.54, 1.807) is 36.4 Å². The van der Waals surface area contributed by atoms with Crippen LogP contribution in [0, 0.1) is 0 Å². The molecule has 2 aromatic rings. The van der Waals surface area contributed by atoms with E-state index in [1.165, 1.54) is 0 Å². The smallest absolute Gasteiger partial charge is 0.400 e. The summed E-state index contributed by atoms with van der Waals surface area (Å²) in [4.78, 5) is 12.1. The maximum Gasteiger partial charge on any atom is 0.544 e. The Kier molecular flexibility index (Phi) is 6.08. The van der Waals surface area contributed by atoms with Gasteiger partial charge in [0, 0.05) is 33.3 Å². The first-order chi connectivity index (χ1) is 12.4. The van der Waals surface area contributed by atoms with Gasteiger partial charge in [-0.1, -0.05) is 41.9 Å². The van der Waals surface area contributed by atoms with Crippen LogP contribution in [-0.2, 0) is 11.0 Å². The standard InChI is InChI=1S/C17H16Cl2NO4PS/c1-2-7-26-17(21)20-25(22)23-15-5-3-13(18)9-11(15)8-12-10-14(19)4-6-16(12)24-25/h3-6,9-10H,2,7-8H2,1H3,(H,20,21,22). The zero-order valence-corrected chi connectivity index (χ0v) is 17.1. The Morgan fingerprint density at radius 1 is 1.12 bits per heavy atom. The molecular formula is C17H16Cl2NO4PS. The van der Waals surface area contributed by atoms with E-state index in [2.05, 4.69) is 5.09 Å². The topological polar surface area (TPSA) is 64.6 Å². The molecule has 1 N–H and O–H groups in total. The van der Waals surface area contributed by atoms with Crippen molar-refractivity contribution in [3.63, 3.8) is 0 Å². The summed E-state index contributed by atoms with van der Waals surface area (Å²) >= 11 is 13.2. The minimum atomic E-state index is -3.98. The molecule has 0 saturated heterocycles. The Morgan fingerprint density at radius 2 is 1.65 bits per heavy atom. The van der Waals surface area contributed by atoms with Crippen molar-refractivity contribution in [2.75, 3.05) is 5.75 Å². The summed E-state index contributed by atoms with van der Waals surface area (Å²) in [6.45, 7) is 1.95. The number of hydrogen-bond donors (Lipinski definition) is 1. The summed E-state index contributed by atoms with van der Waals surface area (Å²) in [5, 5.41) is 2.95. The lowest BCUT2D eigenvalue weighted by Gasteiger charge is -2.25. The van der Waals surface area contributed by atoms with E-state index >= 15 is 0 Å². The van der Waals surface area contributed by atoms with Crippen LogP contribution in [0.25, 0.3) is 0 Å². The average molecular weight is 432 g/mol. The Balaban J connectivity index is 2.01. The third kappa shape index (κ3) is 4.68. The van der Waals surface area contributed by atoms with Crippen molar-refractivity contribution in [1.29, 1.82) is 0 Å². The molecule has 0 aromatic heterocycles. The van der Waals surface area contributed by atoms with Crippen LogP contribution in [0.3, 0.4) is 0 Å². The molecule has 138 valence electrons. The van der Waals surface area contributed by atoms with Crippen molar-refractivity contribution < 1.29 is 18.4 Å². The molecule has 0 atom stereocenters. The molecule has 1 aliphatic rings. The van der Waals surface area contributed by atoms with E-state index in [-0.39, 0.29) is 0 Å². The van der Waals surface area contributed by atoms with Crippen LogP contribution in [0.4, 0.5) is 4.79 Å². The fourth-order valence-corrected chi connectivity index (χ4v) is 5.02. The van der Waals surface area contributed by atoms with Gasteiger partial charge in [0.25, 0.3) is 5.24 Å². The highest BCUT2D eigenvalue weighted by Crippen LogP contribution is 2.50. The van der Waals surface area contributed by atoms with Gasteiger partial charge in [0.15, 0.2) is 0 Å². The number of benzene rings is 2. The maximum absolute atomic E-state index is 13.2. The molecule has 0 fully saturated rings. The van der Waals surface area contributed by atoms with Crippen molar-refractivity contribution in [3.8, 4) is 11.5 Å². The molecule has 3 rings (SSSR count). The van der Waals surface area contributed by atoms with Gasteiger partial charge in [0.1, 0.15) is 11.5 Å². The lowest BCUT2D eigenvalue weighted by atomic mass is 10.0. The lowest BCUT2D eigenvalue weighted by molar-refractivity contribution is 0.262. The quantitative estimate of drug-likeness (QED) is 0.576. The van der Waals surface area contributed by atoms with Crippen molar-refractivity contribution >= 4 is 47.9 Å². The van der Waals surface area contributed by atoms with Crippen LogP contribution < -0.4 is 14.1 Å². The number of nitrogens with one attached hydrogen (secondary N) is 1. The highest BCUT2D eigenvalue weighted by atomic mass is 35.5. The summed E-state index contributed by atoms with van der Waals surface area (Å²) in [6, 6.07) is 9.91. The molecule has 0 bridgehead atoms. The minimum Gasteiger partial charge on any atom is -0.400 e. The van der Waals surface area contributed by atoms with Gasteiger partial charge in [-0.05, 0) is 42.8 Å². The van der Waals surface area contributed by atoms with Crippen LogP contribution in [0.2, 0.25) is 10.0 Å². The van der Waals surface area contributed by atoms with E-state index in [1.807, 2.05) is 6.92 Å². The average Bonchev–Trinajstić information content (AvgIpc) is 2.57. The van der Waals surface area contributed by atoms with Gasteiger partial charge in [-0.3, -0.25) is 4.79 Å². The summed E-state index contributed by atoms with van der Waals surface area (Å²) in [7, 11) is -3.98. The third-order valence-corrected chi connectivity index (χ3v) is 6.48. The van der Waals surface area contributed by atoms with Gasteiger partial charge >= 0.3 is 7.75 Å². The van der Waals surface area contributed by atoms with Gasteiger partial charge in [-0.2, -0.15) is 0 Å². The normalized spacial score (nSPS) is 14.7. The second-order valence-electron chi connectivity index (χ2n) is 5.61. The molecule has 1 heterocycles. The first kappa shape index (κ1) is 19.4. The van der Waals surface area contributed by atoms with Gasteiger partial charge < -0.3 is 9.05 Å². The molecule has 0 spiro atoms. The molecule has 0 radical (unpaired) electrons. The Bertz CT molecular complexity index is 836. The number of halogens is 2. The Hall–Kier alpha value is -1.33. The zero-order valence-electron chi connectivity index (χ0n) is 13.8. The second kappa shape index (κ2) is 8.13. The van der Waals surface area contributed by atoms with E-state index in [0.29, 0.717) is 33.7 Å². The van der Waals surface area contributed by atoms with Crippen LogP contribution in [-0.4, -0.2) is 11.0 Å². The summed E-state index contributed by atoms with van der Waals surface area (Å²) in [6.07, 6.45) is 1.25. The summed E-state index contributed by atoms with van der Waals surface area (Å²) < 4.78 is 24.4. The minimum absolute atomic E-state index is 0.337. The monoisotopic (exact) mass is 431 g/mol. The molecule has 0 saturated carbocycles. The van der Waals surface area contributed by atoms with Gasteiger partial charge in [0.2, 0.25) is 0 Å². The SMILES string of the molecule is CCCSC(=O)NP1(=O)Oc2ccc(Cl)cc2Cc2cc(Cl)ccc2O1. The molecule has 9 heteroatoms. The largest absolute Gasteiger partial charge is 0.544 e. The van der Waals surface area contributed by atoms with Crippen LogP contribution in [0.15, 0.2) is 36.4 Å². The number of rotatable bonds is 3. The number of amides is 1. The summed E-state index contributed by atoms with van der Waals surface area (Å²) in [5.74, 6) is 1.28.